The summed E-state index contributed by atoms with van der Waals surface area (Å²) in [5.41, 5.74) is 0.209. The second-order valence-electron chi connectivity index (χ2n) is 5.54. The molecule has 0 spiro atoms. The van der Waals surface area contributed by atoms with E-state index >= 15 is 0 Å². The normalized spacial score (nSPS) is 20.8. The van der Waals surface area contributed by atoms with Crippen LogP contribution in [0.3, 0.4) is 0 Å². The van der Waals surface area contributed by atoms with Crippen LogP contribution in [0.25, 0.3) is 0 Å². The Morgan fingerprint density at radius 2 is 2.37 bits per heavy atom. The average molecular weight is 260 g/mol. The number of nitrogens with one attached hydrogen (secondary N) is 1. The van der Waals surface area contributed by atoms with Crippen molar-refractivity contribution < 1.29 is 4.92 Å². The summed E-state index contributed by atoms with van der Waals surface area (Å²) in [6.07, 6.45) is 4.47. The smallest absolute Gasteiger partial charge is 0.289 e. The molecule has 6 nitrogen and oxygen atoms in total. The van der Waals surface area contributed by atoms with Crippen molar-refractivity contribution in [1.29, 1.82) is 5.26 Å². The molecule has 0 amide bonds. The lowest BCUT2D eigenvalue weighted by atomic mass is 9.87. The minimum Gasteiger partial charge on any atom is -0.366 e. The van der Waals surface area contributed by atoms with E-state index in [2.05, 4.69) is 24.1 Å². The molecule has 6 heteroatoms. The topological polar surface area (TPSA) is 91.8 Å². The third kappa shape index (κ3) is 2.65. The predicted octanol–water partition coefficient (Wildman–Crippen LogP) is 2.85. The molecule has 1 aromatic rings. The number of hydrogen-bond donors (Lipinski definition) is 1. The molecule has 1 saturated carbocycles. The number of hydrogen-bond acceptors (Lipinski definition) is 5. The van der Waals surface area contributed by atoms with Crippen LogP contribution < -0.4 is 5.32 Å². The Bertz CT molecular complexity index is 548. The van der Waals surface area contributed by atoms with Gasteiger partial charge in [-0.3, -0.25) is 10.1 Å². The van der Waals surface area contributed by atoms with E-state index < -0.39 is 4.92 Å². The molecule has 1 aliphatic carbocycles. The summed E-state index contributed by atoms with van der Waals surface area (Å²) in [5.74, 6) is 0.438. The third-order valence-corrected chi connectivity index (χ3v) is 3.77. The molecule has 1 atom stereocenters. The molecule has 2 rings (SSSR count). The van der Waals surface area contributed by atoms with Crippen LogP contribution in [0, 0.1) is 26.9 Å². The van der Waals surface area contributed by atoms with E-state index in [-0.39, 0.29) is 22.7 Å². The maximum Gasteiger partial charge on any atom is 0.289 e. The van der Waals surface area contributed by atoms with E-state index in [9.17, 15) is 10.1 Å². The number of nitro groups is 1. The van der Waals surface area contributed by atoms with E-state index in [4.69, 9.17) is 5.26 Å². The number of aromatic nitrogens is 1. The van der Waals surface area contributed by atoms with E-state index in [0.717, 1.165) is 19.3 Å². The van der Waals surface area contributed by atoms with Crippen molar-refractivity contribution in [2.75, 3.05) is 5.32 Å². The van der Waals surface area contributed by atoms with Crippen molar-refractivity contribution in [2.24, 2.45) is 5.41 Å². The van der Waals surface area contributed by atoms with Gasteiger partial charge in [-0.15, -0.1) is 0 Å². The van der Waals surface area contributed by atoms with Gasteiger partial charge in [0.15, 0.2) is 0 Å². The Kier molecular flexibility index (Phi) is 3.38. The molecule has 19 heavy (non-hydrogen) atoms. The van der Waals surface area contributed by atoms with Crippen molar-refractivity contribution in [3.8, 4) is 6.07 Å². The lowest BCUT2D eigenvalue weighted by Crippen LogP contribution is -2.31. The molecule has 100 valence electrons. The molecule has 1 N–H and O–H groups in total. The highest BCUT2D eigenvalue weighted by molar-refractivity contribution is 5.56. The maximum atomic E-state index is 10.7. The monoisotopic (exact) mass is 260 g/mol. The number of pyridine rings is 1. The zero-order chi connectivity index (χ0) is 14.0. The zero-order valence-electron chi connectivity index (χ0n) is 11.0. The van der Waals surface area contributed by atoms with Gasteiger partial charge in [-0.2, -0.15) is 5.26 Å². The molecular formula is C13H16N4O2. The first-order chi connectivity index (χ1) is 8.94. The molecule has 0 saturated heterocycles. The van der Waals surface area contributed by atoms with Crippen molar-refractivity contribution in [3.05, 3.63) is 27.9 Å². The molecule has 1 aromatic heterocycles. The number of rotatable bonds is 3. The summed E-state index contributed by atoms with van der Waals surface area (Å²) >= 11 is 0. The molecule has 0 aromatic carbocycles. The second kappa shape index (κ2) is 4.84. The fraction of sp³-hybridized carbons (Fsp3) is 0.538. The van der Waals surface area contributed by atoms with E-state index in [0.29, 0.717) is 5.82 Å². The van der Waals surface area contributed by atoms with Crippen LogP contribution >= 0.6 is 0 Å². The minimum absolute atomic E-state index is 0.149. The van der Waals surface area contributed by atoms with Gasteiger partial charge in [0.1, 0.15) is 23.6 Å². The van der Waals surface area contributed by atoms with Crippen molar-refractivity contribution in [3.63, 3.8) is 0 Å². The molecule has 0 aliphatic heterocycles. The summed E-state index contributed by atoms with van der Waals surface area (Å²) in [4.78, 5) is 14.1. The lowest BCUT2D eigenvalue weighted by Gasteiger charge is -2.28. The number of nitrogens with zero attached hydrogens (tertiary/aromatic N) is 3. The second-order valence-corrected chi connectivity index (χ2v) is 5.54. The maximum absolute atomic E-state index is 10.7. The van der Waals surface area contributed by atoms with Crippen LogP contribution in [-0.4, -0.2) is 15.9 Å². The van der Waals surface area contributed by atoms with Crippen LogP contribution in [0.5, 0.6) is 0 Å². The van der Waals surface area contributed by atoms with Gasteiger partial charge < -0.3 is 5.32 Å². The van der Waals surface area contributed by atoms with Crippen molar-refractivity contribution in [2.45, 2.75) is 39.2 Å². The Hall–Kier alpha value is -2.16. The molecule has 0 radical (unpaired) electrons. The van der Waals surface area contributed by atoms with Gasteiger partial charge in [-0.1, -0.05) is 20.3 Å². The van der Waals surface area contributed by atoms with Gasteiger partial charge in [0, 0.05) is 12.1 Å². The van der Waals surface area contributed by atoms with Gasteiger partial charge in [-0.05, 0) is 18.3 Å². The lowest BCUT2D eigenvalue weighted by molar-refractivity contribution is -0.385. The van der Waals surface area contributed by atoms with E-state index in [1.54, 1.807) is 0 Å². The number of anilines is 1. The largest absolute Gasteiger partial charge is 0.366 e. The molecule has 1 fully saturated rings. The van der Waals surface area contributed by atoms with Gasteiger partial charge in [0.25, 0.3) is 5.69 Å². The number of nitriles is 1. The molecule has 1 unspecified atom stereocenters. The fourth-order valence-electron chi connectivity index (χ4n) is 2.51. The molecule has 1 aliphatic rings. The predicted molar refractivity (Wildman–Crippen MR) is 70.6 cm³/mol. The van der Waals surface area contributed by atoms with Crippen LogP contribution in [0.4, 0.5) is 11.5 Å². The first kappa shape index (κ1) is 13.3. The summed E-state index contributed by atoms with van der Waals surface area (Å²) in [7, 11) is 0. The Labute approximate surface area is 111 Å². The first-order valence-corrected chi connectivity index (χ1v) is 6.25. The summed E-state index contributed by atoms with van der Waals surface area (Å²) in [6.45, 7) is 4.35. The molecular weight excluding hydrogens is 244 g/mol. The highest BCUT2D eigenvalue weighted by atomic mass is 16.6. The first-order valence-electron chi connectivity index (χ1n) is 6.25. The average Bonchev–Trinajstić information content (AvgIpc) is 2.69. The standard InChI is InChI=1S/C13H16N4O2/c1-13(2)5-3-4-11(13)16-12-9(7-14)6-10(8-15-12)17(18)19/h6,8,11H,3-5H2,1-2H3,(H,15,16). The Morgan fingerprint density at radius 1 is 1.63 bits per heavy atom. The minimum atomic E-state index is -0.545. The Morgan fingerprint density at radius 3 is 2.89 bits per heavy atom. The summed E-state index contributed by atoms with van der Waals surface area (Å²) in [6, 6.07) is 3.47. The Balaban J connectivity index is 2.26. The molecule has 0 bridgehead atoms. The van der Waals surface area contributed by atoms with Crippen LogP contribution in [-0.2, 0) is 0 Å². The third-order valence-electron chi connectivity index (χ3n) is 3.77. The SMILES string of the molecule is CC1(C)CCCC1Nc1ncc([N+](=O)[O-])cc1C#N. The molecule has 1 heterocycles. The van der Waals surface area contributed by atoms with Crippen LogP contribution in [0.1, 0.15) is 38.7 Å². The fourth-order valence-corrected chi connectivity index (χ4v) is 2.51. The van der Waals surface area contributed by atoms with Crippen LogP contribution in [0.15, 0.2) is 12.3 Å². The van der Waals surface area contributed by atoms with Gasteiger partial charge in [-0.25, -0.2) is 4.98 Å². The van der Waals surface area contributed by atoms with Crippen molar-refractivity contribution in [1.82, 2.24) is 4.98 Å². The van der Waals surface area contributed by atoms with E-state index in [1.165, 1.54) is 12.3 Å². The van der Waals surface area contributed by atoms with Gasteiger partial charge in [0.2, 0.25) is 0 Å². The highest BCUT2D eigenvalue weighted by Gasteiger charge is 2.35. The van der Waals surface area contributed by atoms with Crippen LogP contribution in [0.2, 0.25) is 0 Å². The highest BCUT2D eigenvalue weighted by Crippen LogP contribution is 2.39. The van der Waals surface area contributed by atoms with E-state index in [1.807, 2.05) is 6.07 Å². The van der Waals surface area contributed by atoms with Gasteiger partial charge in [0.05, 0.1) is 4.92 Å². The summed E-state index contributed by atoms with van der Waals surface area (Å²) in [5, 5.41) is 23.0. The summed E-state index contributed by atoms with van der Waals surface area (Å²) < 4.78 is 0. The van der Waals surface area contributed by atoms with Crippen molar-refractivity contribution >= 4 is 11.5 Å². The zero-order valence-corrected chi connectivity index (χ0v) is 11.0. The quantitative estimate of drug-likeness (QED) is 0.666. The van der Waals surface area contributed by atoms with Gasteiger partial charge >= 0.3 is 0 Å².